The summed E-state index contributed by atoms with van der Waals surface area (Å²) in [7, 11) is 1.41. The second-order valence-corrected chi connectivity index (χ2v) is 4.57. The van der Waals surface area contributed by atoms with Crippen LogP contribution in [0.2, 0.25) is 0 Å². The van der Waals surface area contributed by atoms with E-state index in [0.717, 1.165) is 23.4 Å². The van der Waals surface area contributed by atoms with E-state index in [0.29, 0.717) is 5.75 Å². The highest BCUT2D eigenvalue weighted by molar-refractivity contribution is 5.80. The van der Waals surface area contributed by atoms with Crippen molar-refractivity contribution in [3.05, 3.63) is 23.3 Å². The SMILES string of the molecule is COC(=O)[C@@H]1c2cc3c(cc2CN[C@@H]1C)OCO3. The Morgan fingerprint density at radius 2 is 2.11 bits per heavy atom. The lowest BCUT2D eigenvalue weighted by Gasteiger charge is -2.30. The number of ether oxygens (including phenoxy) is 3. The van der Waals surface area contributed by atoms with Crippen molar-refractivity contribution in [3.8, 4) is 11.5 Å². The number of benzene rings is 1. The number of carbonyl (C=O) groups is 1. The maximum atomic E-state index is 11.9. The Morgan fingerprint density at radius 1 is 1.39 bits per heavy atom. The van der Waals surface area contributed by atoms with Crippen molar-refractivity contribution in [1.82, 2.24) is 5.32 Å². The molecule has 5 heteroatoms. The van der Waals surface area contributed by atoms with E-state index in [9.17, 15) is 4.79 Å². The maximum absolute atomic E-state index is 11.9. The highest BCUT2D eigenvalue weighted by Gasteiger charge is 2.34. The van der Waals surface area contributed by atoms with Crippen LogP contribution in [-0.2, 0) is 16.1 Å². The van der Waals surface area contributed by atoms with Gasteiger partial charge in [0, 0.05) is 12.6 Å². The fourth-order valence-electron chi connectivity index (χ4n) is 2.56. The van der Waals surface area contributed by atoms with Crippen LogP contribution in [0.25, 0.3) is 0 Å². The zero-order valence-electron chi connectivity index (χ0n) is 10.4. The van der Waals surface area contributed by atoms with Crippen LogP contribution in [0, 0.1) is 0 Å². The molecule has 0 fully saturated rings. The van der Waals surface area contributed by atoms with E-state index in [1.54, 1.807) is 0 Å². The number of rotatable bonds is 1. The van der Waals surface area contributed by atoms with E-state index in [2.05, 4.69) is 5.32 Å². The molecule has 96 valence electrons. The summed E-state index contributed by atoms with van der Waals surface area (Å²) < 4.78 is 15.6. The fourth-order valence-corrected chi connectivity index (χ4v) is 2.56. The van der Waals surface area contributed by atoms with Crippen LogP contribution in [0.15, 0.2) is 12.1 Å². The summed E-state index contributed by atoms with van der Waals surface area (Å²) in [6.45, 7) is 2.94. The van der Waals surface area contributed by atoms with Gasteiger partial charge in [-0.1, -0.05) is 0 Å². The number of carbonyl (C=O) groups excluding carboxylic acids is 1. The Hall–Kier alpha value is -1.75. The second-order valence-electron chi connectivity index (χ2n) is 4.57. The van der Waals surface area contributed by atoms with Crippen molar-refractivity contribution in [2.45, 2.75) is 25.4 Å². The molecule has 0 radical (unpaired) electrons. The first-order valence-electron chi connectivity index (χ1n) is 5.94. The van der Waals surface area contributed by atoms with Gasteiger partial charge >= 0.3 is 5.97 Å². The Labute approximate surface area is 105 Å². The van der Waals surface area contributed by atoms with Crippen LogP contribution in [0.5, 0.6) is 11.5 Å². The minimum atomic E-state index is -0.298. The van der Waals surface area contributed by atoms with E-state index < -0.39 is 0 Å². The van der Waals surface area contributed by atoms with Crippen molar-refractivity contribution < 1.29 is 19.0 Å². The molecule has 5 nitrogen and oxygen atoms in total. The summed E-state index contributed by atoms with van der Waals surface area (Å²) in [5.41, 5.74) is 2.03. The average molecular weight is 249 g/mol. The van der Waals surface area contributed by atoms with E-state index in [-0.39, 0.29) is 24.7 Å². The first-order valence-corrected chi connectivity index (χ1v) is 5.94. The summed E-state index contributed by atoms with van der Waals surface area (Å²) in [5.74, 6) is 0.925. The van der Waals surface area contributed by atoms with Gasteiger partial charge in [-0.05, 0) is 30.2 Å². The predicted molar refractivity (Wildman–Crippen MR) is 63.6 cm³/mol. The first kappa shape index (κ1) is 11.3. The van der Waals surface area contributed by atoms with Gasteiger partial charge < -0.3 is 19.5 Å². The Bertz CT molecular complexity index is 500. The molecule has 2 aliphatic rings. The van der Waals surface area contributed by atoms with Gasteiger partial charge in [0.15, 0.2) is 11.5 Å². The van der Waals surface area contributed by atoms with E-state index >= 15 is 0 Å². The molecule has 1 N–H and O–H groups in total. The third kappa shape index (κ3) is 1.62. The van der Waals surface area contributed by atoms with E-state index in [1.165, 1.54) is 7.11 Å². The molecule has 0 amide bonds. The number of nitrogens with one attached hydrogen (secondary N) is 1. The zero-order valence-corrected chi connectivity index (χ0v) is 10.4. The molecule has 2 heterocycles. The predicted octanol–water partition coefficient (Wildman–Crippen LogP) is 1.16. The van der Waals surface area contributed by atoms with Gasteiger partial charge in [0.2, 0.25) is 6.79 Å². The smallest absolute Gasteiger partial charge is 0.314 e. The lowest BCUT2D eigenvalue weighted by molar-refractivity contribution is -0.143. The van der Waals surface area contributed by atoms with Crippen molar-refractivity contribution >= 4 is 5.97 Å². The molecule has 2 aliphatic heterocycles. The Balaban J connectivity index is 2.07. The molecule has 3 rings (SSSR count). The molecule has 0 aliphatic carbocycles. The van der Waals surface area contributed by atoms with Crippen LogP contribution < -0.4 is 14.8 Å². The van der Waals surface area contributed by atoms with Gasteiger partial charge in [-0.2, -0.15) is 0 Å². The second kappa shape index (κ2) is 4.17. The number of hydrogen-bond acceptors (Lipinski definition) is 5. The van der Waals surface area contributed by atoms with E-state index in [1.807, 2.05) is 19.1 Å². The molecule has 2 atom stereocenters. The molecule has 0 bridgehead atoms. The number of esters is 1. The summed E-state index contributed by atoms with van der Waals surface area (Å²) in [6.07, 6.45) is 0. The van der Waals surface area contributed by atoms with Crippen LogP contribution in [0.4, 0.5) is 0 Å². The van der Waals surface area contributed by atoms with Crippen molar-refractivity contribution in [1.29, 1.82) is 0 Å². The molecule has 0 unspecified atom stereocenters. The number of hydrogen-bond donors (Lipinski definition) is 1. The summed E-state index contributed by atoms with van der Waals surface area (Å²) in [4.78, 5) is 11.9. The molecular weight excluding hydrogens is 234 g/mol. The monoisotopic (exact) mass is 249 g/mol. The third-order valence-electron chi connectivity index (χ3n) is 3.54. The highest BCUT2D eigenvalue weighted by atomic mass is 16.7. The molecule has 0 saturated heterocycles. The van der Waals surface area contributed by atoms with Gasteiger partial charge in [-0.3, -0.25) is 4.79 Å². The third-order valence-corrected chi connectivity index (χ3v) is 3.54. The van der Waals surface area contributed by atoms with Crippen molar-refractivity contribution in [3.63, 3.8) is 0 Å². The zero-order chi connectivity index (χ0) is 12.7. The average Bonchev–Trinajstić information content (AvgIpc) is 2.82. The summed E-state index contributed by atoms with van der Waals surface area (Å²) >= 11 is 0. The topological polar surface area (TPSA) is 56.8 Å². The lowest BCUT2D eigenvalue weighted by atomic mass is 9.85. The largest absolute Gasteiger partial charge is 0.469 e. The highest BCUT2D eigenvalue weighted by Crippen LogP contribution is 2.40. The quantitative estimate of drug-likeness (QED) is 0.757. The number of fused-ring (bicyclic) bond motifs is 2. The minimum Gasteiger partial charge on any atom is -0.469 e. The van der Waals surface area contributed by atoms with Crippen LogP contribution in [0.1, 0.15) is 24.0 Å². The minimum absolute atomic E-state index is 0.0466. The van der Waals surface area contributed by atoms with Gasteiger partial charge in [0.25, 0.3) is 0 Å². The van der Waals surface area contributed by atoms with Crippen LogP contribution in [-0.4, -0.2) is 25.9 Å². The maximum Gasteiger partial charge on any atom is 0.314 e. The molecule has 1 aromatic rings. The molecule has 1 aromatic carbocycles. The Kier molecular flexibility index (Phi) is 2.63. The lowest BCUT2D eigenvalue weighted by Crippen LogP contribution is -2.41. The fraction of sp³-hybridized carbons (Fsp3) is 0.462. The van der Waals surface area contributed by atoms with Gasteiger partial charge in [-0.15, -0.1) is 0 Å². The molecule has 0 aromatic heterocycles. The van der Waals surface area contributed by atoms with Crippen molar-refractivity contribution in [2.24, 2.45) is 0 Å². The normalized spacial score (nSPS) is 24.6. The van der Waals surface area contributed by atoms with Gasteiger partial charge in [0.1, 0.15) is 0 Å². The standard InChI is InChI=1S/C13H15NO4/c1-7-12(13(15)16-2)9-4-11-10(17-6-18-11)3-8(9)5-14-7/h3-4,7,12,14H,5-6H2,1-2H3/t7-,12+/m1/s1. The molecule has 0 saturated carbocycles. The number of methoxy groups -OCH3 is 1. The molecule has 0 spiro atoms. The van der Waals surface area contributed by atoms with Crippen molar-refractivity contribution in [2.75, 3.05) is 13.9 Å². The summed E-state index contributed by atoms with van der Waals surface area (Å²) in [5, 5.41) is 3.30. The van der Waals surface area contributed by atoms with Gasteiger partial charge in [-0.25, -0.2) is 0 Å². The van der Waals surface area contributed by atoms with Crippen LogP contribution >= 0.6 is 0 Å². The Morgan fingerprint density at radius 3 is 2.83 bits per heavy atom. The first-order chi connectivity index (χ1) is 8.70. The van der Waals surface area contributed by atoms with E-state index in [4.69, 9.17) is 14.2 Å². The summed E-state index contributed by atoms with van der Waals surface area (Å²) in [6, 6.07) is 3.88. The van der Waals surface area contributed by atoms with Gasteiger partial charge in [0.05, 0.1) is 13.0 Å². The molecular formula is C13H15NO4. The van der Waals surface area contributed by atoms with Crippen LogP contribution in [0.3, 0.4) is 0 Å². The molecule has 18 heavy (non-hydrogen) atoms.